The van der Waals surface area contributed by atoms with Crippen molar-refractivity contribution >= 4 is 52.9 Å². The highest BCUT2D eigenvalue weighted by Gasteiger charge is 2.57. The van der Waals surface area contributed by atoms with Gasteiger partial charge in [-0.25, -0.2) is 25.3 Å². The van der Waals surface area contributed by atoms with E-state index in [1.807, 2.05) is 0 Å². The predicted molar refractivity (Wildman–Crippen MR) is 101 cm³/mol. The zero-order valence-corrected chi connectivity index (χ0v) is 17.7. The number of benzene rings is 1. The summed E-state index contributed by atoms with van der Waals surface area (Å²) in [5.41, 5.74) is 0. The Hall–Kier alpha value is -0.430. The molecule has 0 aromatic heterocycles. The Labute approximate surface area is 167 Å². The van der Waals surface area contributed by atoms with E-state index < -0.39 is 53.9 Å². The summed E-state index contributed by atoms with van der Waals surface area (Å²) in [4.78, 5) is -0.148. The molecule has 4 atom stereocenters. The second kappa shape index (κ2) is 6.28. The van der Waals surface area contributed by atoms with E-state index in [1.165, 1.54) is 18.2 Å². The fourth-order valence-corrected chi connectivity index (χ4v) is 10.4. The van der Waals surface area contributed by atoms with E-state index in [-0.39, 0.29) is 38.0 Å². The van der Waals surface area contributed by atoms with Crippen molar-refractivity contribution in [3.05, 3.63) is 28.2 Å². The molecule has 0 spiro atoms. The molecular formula is C14H16Cl2N2O6S3. The van der Waals surface area contributed by atoms with Gasteiger partial charge in [0, 0.05) is 12.1 Å². The number of rotatable bonds is 2. The van der Waals surface area contributed by atoms with Crippen molar-refractivity contribution < 1.29 is 25.3 Å². The summed E-state index contributed by atoms with van der Waals surface area (Å²) < 4.78 is 76.3. The Kier molecular flexibility index (Phi) is 4.62. The molecule has 4 rings (SSSR count). The molecule has 0 bridgehead atoms. The standard InChI is InChI=1S/C14H16Cl2N2O6S3/c15-9-2-1-8(3-10(9)16)27(23,24)18-13-6-25(19,20)4-11(13)17-12-5-26(21,22)7-14(12)18/h1-3,11-14,17H,4-7H2/t11-,12+,13+,14-. The topological polar surface area (TPSA) is 118 Å². The molecule has 8 nitrogen and oxygen atoms in total. The van der Waals surface area contributed by atoms with Gasteiger partial charge in [-0.1, -0.05) is 23.2 Å². The SMILES string of the molecule is O=S1(=O)C[C@@H]2N[C@@H]3CS(=O)(=O)C[C@@H]3N(S(=O)(=O)c3ccc(Cl)c(Cl)c3)[C@@H]2C1. The molecule has 3 fully saturated rings. The second-order valence-electron chi connectivity index (χ2n) is 7.08. The molecule has 3 aliphatic heterocycles. The van der Waals surface area contributed by atoms with E-state index in [0.717, 1.165) is 4.31 Å². The van der Waals surface area contributed by atoms with Crippen LogP contribution in [0.5, 0.6) is 0 Å². The summed E-state index contributed by atoms with van der Waals surface area (Å²) >= 11 is 11.8. The van der Waals surface area contributed by atoms with Crippen LogP contribution in [0.1, 0.15) is 0 Å². The van der Waals surface area contributed by atoms with E-state index >= 15 is 0 Å². The van der Waals surface area contributed by atoms with E-state index in [4.69, 9.17) is 23.2 Å². The lowest BCUT2D eigenvalue weighted by atomic mass is 10.0. The van der Waals surface area contributed by atoms with Crippen molar-refractivity contribution in [1.29, 1.82) is 0 Å². The van der Waals surface area contributed by atoms with Gasteiger partial charge in [-0.3, -0.25) is 0 Å². The molecular weight excluding hydrogens is 459 g/mol. The summed E-state index contributed by atoms with van der Waals surface area (Å²) in [6, 6.07) is 0.767. The Morgan fingerprint density at radius 1 is 0.889 bits per heavy atom. The zero-order valence-electron chi connectivity index (χ0n) is 13.7. The molecule has 150 valence electrons. The van der Waals surface area contributed by atoms with Gasteiger partial charge in [-0.2, -0.15) is 4.31 Å². The highest BCUT2D eigenvalue weighted by Crippen LogP contribution is 2.37. The number of sulfone groups is 2. The van der Waals surface area contributed by atoms with E-state index in [2.05, 4.69) is 5.32 Å². The number of hydrogen-bond donors (Lipinski definition) is 1. The van der Waals surface area contributed by atoms with Crippen molar-refractivity contribution in [3.8, 4) is 0 Å². The molecule has 1 aromatic rings. The minimum absolute atomic E-state index is 0.0408. The lowest BCUT2D eigenvalue weighted by Crippen LogP contribution is -2.67. The largest absolute Gasteiger partial charge is 0.306 e. The first-order valence-corrected chi connectivity index (χ1v) is 13.9. The molecule has 0 saturated carbocycles. The van der Waals surface area contributed by atoms with Crippen LogP contribution in [0.25, 0.3) is 0 Å². The van der Waals surface area contributed by atoms with Crippen LogP contribution in [0.4, 0.5) is 0 Å². The third-order valence-corrected chi connectivity index (χ3v) is 11.3. The van der Waals surface area contributed by atoms with Crippen LogP contribution in [0.2, 0.25) is 10.0 Å². The first kappa shape index (κ1) is 19.9. The van der Waals surface area contributed by atoms with Crippen LogP contribution in [0.15, 0.2) is 23.1 Å². The summed E-state index contributed by atoms with van der Waals surface area (Å²) in [7, 11) is -11.1. The van der Waals surface area contributed by atoms with Gasteiger partial charge in [-0.15, -0.1) is 0 Å². The summed E-state index contributed by atoms with van der Waals surface area (Å²) in [5, 5.41) is 3.27. The summed E-state index contributed by atoms with van der Waals surface area (Å²) in [5.74, 6) is -1.16. The second-order valence-corrected chi connectivity index (χ2v) is 14.0. The van der Waals surface area contributed by atoms with Crippen LogP contribution in [-0.4, -0.2) is 76.7 Å². The number of hydrogen-bond acceptors (Lipinski definition) is 7. The van der Waals surface area contributed by atoms with Crippen LogP contribution in [0, 0.1) is 0 Å². The fraction of sp³-hybridized carbons (Fsp3) is 0.571. The van der Waals surface area contributed by atoms with Gasteiger partial charge in [0.15, 0.2) is 19.7 Å². The van der Waals surface area contributed by atoms with Gasteiger partial charge >= 0.3 is 0 Å². The highest BCUT2D eigenvalue weighted by atomic mass is 35.5. The van der Waals surface area contributed by atoms with Crippen molar-refractivity contribution in [2.75, 3.05) is 23.0 Å². The normalized spacial score (nSPS) is 34.9. The number of piperazine rings is 1. The number of nitrogens with zero attached hydrogens (tertiary/aromatic N) is 1. The highest BCUT2D eigenvalue weighted by molar-refractivity contribution is 7.92. The van der Waals surface area contributed by atoms with Gasteiger partial charge in [0.2, 0.25) is 10.0 Å². The smallest absolute Gasteiger partial charge is 0.243 e. The molecule has 0 aliphatic carbocycles. The third-order valence-electron chi connectivity index (χ3n) is 5.19. The van der Waals surface area contributed by atoms with E-state index in [1.54, 1.807) is 0 Å². The molecule has 3 heterocycles. The average molecular weight is 475 g/mol. The number of nitrogens with one attached hydrogen (secondary N) is 1. The molecule has 1 aromatic carbocycles. The molecule has 0 unspecified atom stereocenters. The molecule has 1 N–H and O–H groups in total. The maximum atomic E-state index is 13.4. The molecule has 0 radical (unpaired) electrons. The van der Waals surface area contributed by atoms with Gasteiger partial charge in [-0.05, 0) is 18.2 Å². The lowest BCUT2D eigenvalue weighted by molar-refractivity contribution is 0.160. The molecule has 13 heteroatoms. The molecule has 0 amide bonds. The average Bonchev–Trinajstić information content (AvgIpc) is 2.98. The first-order valence-electron chi connectivity index (χ1n) is 8.05. The Morgan fingerprint density at radius 2 is 1.41 bits per heavy atom. The van der Waals surface area contributed by atoms with E-state index in [0.29, 0.717) is 0 Å². The number of halogens is 2. The van der Waals surface area contributed by atoms with Crippen LogP contribution < -0.4 is 5.32 Å². The Balaban J connectivity index is 1.84. The van der Waals surface area contributed by atoms with Gasteiger partial charge in [0.05, 0.1) is 50.0 Å². The molecule has 3 aliphatic rings. The quantitative estimate of drug-likeness (QED) is 0.636. The molecule has 3 saturated heterocycles. The fourth-order valence-electron chi connectivity index (χ4n) is 4.11. The van der Waals surface area contributed by atoms with Crippen LogP contribution in [0.3, 0.4) is 0 Å². The van der Waals surface area contributed by atoms with Gasteiger partial charge in [0.1, 0.15) is 0 Å². The number of sulfonamides is 1. The third kappa shape index (κ3) is 3.41. The lowest BCUT2D eigenvalue weighted by Gasteiger charge is -2.43. The first-order chi connectivity index (χ1) is 12.4. The Morgan fingerprint density at radius 3 is 1.89 bits per heavy atom. The summed E-state index contributed by atoms with van der Waals surface area (Å²) in [6.45, 7) is 0. The zero-order chi connectivity index (χ0) is 19.8. The minimum atomic E-state index is -4.19. The van der Waals surface area contributed by atoms with Crippen molar-refractivity contribution in [3.63, 3.8) is 0 Å². The van der Waals surface area contributed by atoms with Crippen molar-refractivity contribution in [1.82, 2.24) is 9.62 Å². The van der Waals surface area contributed by atoms with Gasteiger partial charge in [0.25, 0.3) is 0 Å². The maximum absolute atomic E-state index is 13.4. The number of fused-ring (bicyclic) bond motifs is 2. The van der Waals surface area contributed by atoms with Crippen LogP contribution in [-0.2, 0) is 29.7 Å². The predicted octanol–water partition coefficient (Wildman–Crippen LogP) is -0.0815. The Bertz CT molecular complexity index is 1070. The maximum Gasteiger partial charge on any atom is 0.243 e. The van der Waals surface area contributed by atoms with Crippen LogP contribution >= 0.6 is 23.2 Å². The minimum Gasteiger partial charge on any atom is -0.306 e. The van der Waals surface area contributed by atoms with Crippen molar-refractivity contribution in [2.24, 2.45) is 0 Å². The van der Waals surface area contributed by atoms with Gasteiger partial charge < -0.3 is 5.32 Å². The monoisotopic (exact) mass is 474 g/mol. The van der Waals surface area contributed by atoms with E-state index in [9.17, 15) is 25.3 Å². The molecule has 27 heavy (non-hydrogen) atoms. The van der Waals surface area contributed by atoms with Crippen molar-refractivity contribution in [2.45, 2.75) is 29.1 Å². The summed E-state index contributed by atoms with van der Waals surface area (Å²) in [6.07, 6.45) is 0.